The van der Waals surface area contributed by atoms with Gasteiger partial charge < -0.3 is 15.9 Å². The first-order valence-corrected chi connectivity index (χ1v) is 5.85. The quantitative estimate of drug-likeness (QED) is 0.436. The zero-order valence-electron chi connectivity index (χ0n) is 11.1. The van der Waals surface area contributed by atoms with Crippen molar-refractivity contribution < 1.29 is 29.6 Å². The SMILES string of the molecule is CC(O)C(=O)OOC(=O)C(C)(O)n1cncc1CCN. The topological polar surface area (TPSA) is 137 Å². The van der Waals surface area contributed by atoms with Crippen LogP contribution in [0.2, 0.25) is 0 Å². The fourth-order valence-electron chi connectivity index (χ4n) is 1.37. The van der Waals surface area contributed by atoms with Crippen LogP contribution in [0.25, 0.3) is 0 Å². The molecule has 0 fully saturated rings. The maximum atomic E-state index is 11.7. The highest BCUT2D eigenvalue weighted by atomic mass is 17.2. The summed E-state index contributed by atoms with van der Waals surface area (Å²) in [4.78, 5) is 34.8. The monoisotopic (exact) mass is 287 g/mol. The first-order valence-electron chi connectivity index (χ1n) is 5.85. The van der Waals surface area contributed by atoms with Crippen LogP contribution in [0, 0.1) is 0 Å². The Bertz CT molecular complexity index is 482. The molecule has 9 heteroatoms. The maximum Gasteiger partial charge on any atom is 0.407 e. The zero-order chi connectivity index (χ0) is 15.3. The molecule has 9 nitrogen and oxygen atoms in total. The highest BCUT2D eigenvalue weighted by molar-refractivity contribution is 5.78. The second-order valence-corrected chi connectivity index (χ2v) is 4.26. The molecule has 0 aliphatic carbocycles. The fraction of sp³-hybridized carbons (Fsp3) is 0.545. The van der Waals surface area contributed by atoms with Crippen LogP contribution >= 0.6 is 0 Å². The molecule has 0 aromatic carbocycles. The lowest BCUT2D eigenvalue weighted by molar-refractivity contribution is -0.279. The summed E-state index contributed by atoms with van der Waals surface area (Å²) in [7, 11) is 0. The van der Waals surface area contributed by atoms with Crippen LogP contribution in [0.5, 0.6) is 0 Å². The summed E-state index contributed by atoms with van der Waals surface area (Å²) in [5.74, 6) is -2.38. The van der Waals surface area contributed by atoms with Crippen LogP contribution in [-0.4, -0.2) is 44.4 Å². The molecule has 1 aromatic rings. The molecular formula is C11H17N3O6. The van der Waals surface area contributed by atoms with Crippen LogP contribution in [0.1, 0.15) is 19.5 Å². The Labute approximate surface area is 114 Å². The number of hydrogen-bond acceptors (Lipinski definition) is 8. The van der Waals surface area contributed by atoms with Crippen molar-refractivity contribution >= 4 is 11.9 Å². The average Bonchev–Trinajstić information content (AvgIpc) is 2.84. The molecule has 1 aromatic heterocycles. The Balaban J connectivity index is 2.79. The van der Waals surface area contributed by atoms with Crippen molar-refractivity contribution in [3.63, 3.8) is 0 Å². The molecule has 0 spiro atoms. The van der Waals surface area contributed by atoms with Gasteiger partial charge >= 0.3 is 11.9 Å². The third-order valence-corrected chi connectivity index (χ3v) is 2.51. The van der Waals surface area contributed by atoms with Gasteiger partial charge in [-0.25, -0.2) is 24.3 Å². The van der Waals surface area contributed by atoms with Gasteiger partial charge in [0.2, 0.25) is 5.72 Å². The van der Waals surface area contributed by atoms with E-state index < -0.39 is 23.8 Å². The molecule has 0 aliphatic heterocycles. The normalized spacial score (nSPS) is 15.2. The van der Waals surface area contributed by atoms with E-state index in [4.69, 9.17) is 10.8 Å². The van der Waals surface area contributed by atoms with E-state index in [1.165, 1.54) is 12.5 Å². The molecule has 0 radical (unpaired) electrons. The number of aliphatic hydroxyl groups excluding tert-OH is 1. The third kappa shape index (κ3) is 3.53. The van der Waals surface area contributed by atoms with Gasteiger partial charge in [0.1, 0.15) is 0 Å². The van der Waals surface area contributed by atoms with E-state index in [9.17, 15) is 14.7 Å². The molecule has 1 rings (SSSR count). The van der Waals surface area contributed by atoms with Crippen molar-refractivity contribution in [3.05, 3.63) is 18.2 Å². The van der Waals surface area contributed by atoms with Gasteiger partial charge in [-0.1, -0.05) is 0 Å². The second-order valence-electron chi connectivity index (χ2n) is 4.26. The van der Waals surface area contributed by atoms with Gasteiger partial charge in [-0.2, -0.15) is 0 Å². The fourth-order valence-corrected chi connectivity index (χ4v) is 1.37. The number of nitrogens with zero attached hydrogens (tertiary/aromatic N) is 2. The first kappa shape index (κ1) is 16.1. The Morgan fingerprint density at radius 3 is 2.75 bits per heavy atom. The summed E-state index contributed by atoms with van der Waals surface area (Å²) in [6, 6.07) is 0. The van der Waals surface area contributed by atoms with E-state index >= 15 is 0 Å². The van der Waals surface area contributed by atoms with E-state index in [0.717, 1.165) is 18.4 Å². The lowest BCUT2D eigenvalue weighted by Gasteiger charge is -2.23. The largest absolute Gasteiger partial charge is 0.407 e. The van der Waals surface area contributed by atoms with E-state index in [0.29, 0.717) is 18.7 Å². The van der Waals surface area contributed by atoms with Crippen molar-refractivity contribution in [2.45, 2.75) is 32.1 Å². The molecule has 0 saturated carbocycles. The van der Waals surface area contributed by atoms with Crippen LogP contribution in [0.15, 0.2) is 12.5 Å². The van der Waals surface area contributed by atoms with Crippen LogP contribution in [-0.2, 0) is 31.5 Å². The Morgan fingerprint density at radius 1 is 1.55 bits per heavy atom. The first-order chi connectivity index (χ1) is 9.30. The van der Waals surface area contributed by atoms with Gasteiger partial charge in [-0.15, -0.1) is 0 Å². The predicted octanol–water partition coefficient (Wildman–Crippen LogP) is -1.57. The molecule has 4 N–H and O–H groups in total. The lowest BCUT2D eigenvalue weighted by atomic mass is 10.2. The van der Waals surface area contributed by atoms with Crippen molar-refractivity contribution in [2.24, 2.45) is 5.73 Å². The number of aliphatic hydroxyl groups is 2. The Morgan fingerprint density at radius 2 is 2.20 bits per heavy atom. The molecule has 0 amide bonds. The van der Waals surface area contributed by atoms with Crippen LogP contribution < -0.4 is 5.73 Å². The Hall–Kier alpha value is -1.97. The summed E-state index contributed by atoms with van der Waals surface area (Å²) >= 11 is 0. The summed E-state index contributed by atoms with van der Waals surface area (Å²) in [6.45, 7) is 2.59. The molecule has 20 heavy (non-hydrogen) atoms. The lowest BCUT2D eigenvalue weighted by Crippen LogP contribution is -2.41. The molecule has 1 heterocycles. The second kappa shape index (κ2) is 6.46. The minimum absolute atomic E-state index is 0.299. The van der Waals surface area contributed by atoms with Crippen molar-refractivity contribution in [3.8, 4) is 0 Å². The van der Waals surface area contributed by atoms with Crippen molar-refractivity contribution in [1.82, 2.24) is 9.55 Å². The number of nitrogens with two attached hydrogens (primary N) is 1. The molecule has 0 bridgehead atoms. The van der Waals surface area contributed by atoms with Gasteiger partial charge in [-0.3, -0.25) is 4.57 Å². The zero-order valence-corrected chi connectivity index (χ0v) is 11.1. The van der Waals surface area contributed by atoms with Gasteiger partial charge in [0, 0.05) is 18.3 Å². The minimum atomic E-state index is -2.13. The average molecular weight is 287 g/mol. The summed E-state index contributed by atoms with van der Waals surface area (Å²) < 4.78 is 1.15. The molecular weight excluding hydrogens is 270 g/mol. The third-order valence-electron chi connectivity index (χ3n) is 2.51. The molecule has 112 valence electrons. The highest BCUT2D eigenvalue weighted by Crippen LogP contribution is 2.17. The molecule has 0 saturated heterocycles. The van der Waals surface area contributed by atoms with Crippen LogP contribution in [0.4, 0.5) is 0 Å². The minimum Gasteiger partial charge on any atom is -0.382 e. The smallest absolute Gasteiger partial charge is 0.382 e. The number of carbonyl (C=O) groups excluding carboxylic acids is 2. The number of carbonyl (C=O) groups is 2. The van der Waals surface area contributed by atoms with E-state index in [-0.39, 0.29) is 0 Å². The number of hydrogen-bond donors (Lipinski definition) is 3. The summed E-state index contributed by atoms with van der Waals surface area (Å²) in [5.41, 5.74) is 3.79. The number of rotatable bonds is 5. The van der Waals surface area contributed by atoms with Gasteiger partial charge in [0.15, 0.2) is 6.10 Å². The molecule has 2 unspecified atom stereocenters. The van der Waals surface area contributed by atoms with E-state index in [1.54, 1.807) is 0 Å². The summed E-state index contributed by atoms with van der Waals surface area (Å²) in [6.07, 6.45) is 1.60. The van der Waals surface area contributed by atoms with Crippen LogP contribution in [0.3, 0.4) is 0 Å². The summed E-state index contributed by atoms with van der Waals surface area (Å²) in [5, 5.41) is 19.0. The van der Waals surface area contributed by atoms with Crippen molar-refractivity contribution in [1.29, 1.82) is 0 Å². The Kier molecular flexibility index (Phi) is 5.19. The number of aromatic nitrogens is 2. The maximum absolute atomic E-state index is 11.7. The molecule has 0 aliphatic rings. The predicted molar refractivity (Wildman–Crippen MR) is 64.7 cm³/mol. The number of imidazole rings is 1. The van der Waals surface area contributed by atoms with Gasteiger partial charge in [0.05, 0.1) is 6.33 Å². The van der Waals surface area contributed by atoms with Gasteiger partial charge in [0.25, 0.3) is 0 Å². The van der Waals surface area contributed by atoms with Gasteiger partial charge in [-0.05, 0) is 20.4 Å². The van der Waals surface area contributed by atoms with E-state index in [2.05, 4.69) is 14.8 Å². The van der Waals surface area contributed by atoms with Crippen molar-refractivity contribution in [2.75, 3.05) is 6.54 Å². The molecule has 2 atom stereocenters. The van der Waals surface area contributed by atoms with E-state index in [1.807, 2.05) is 0 Å². The standard InChI is InChI=1S/C11H17N3O6/c1-7(15)9(16)19-20-10(17)11(2,18)14-6-13-5-8(14)3-4-12/h5-7,15,18H,3-4,12H2,1-2H3. The highest BCUT2D eigenvalue weighted by Gasteiger charge is 2.38.